The topological polar surface area (TPSA) is 69.5 Å². The molecule has 0 spiro atoms. The van der Waals surface area contributed by atoms with Gasteiger partial charge in [0, 0.05) is 19.2 Å². The highest BCUT2D eigenvalue weighted by Crippen LogP contribution is 2.32. The number of aromatic nitrogens is 3. The lowest BCUT2D eigenvalue weighted by Crippen LogP contribution is -2.31. The van der Waals surface area contributed by atoms with Crippen LogP contribution in [-0.2, 0) is 6.54 Å². The molecule has 0 aliphatic carbocycles. The number of amides is 1. The Morgan fingerprint density at radius 3 is 2.72 bits per heavy atom. The number of carbonyl (C=O) groups is 1. The molecule has 1 amide bonds. The van der Waals surface area contributed by atoms with Crippen LogP contribution in [0, 0.1) is 12.7 Å². The van der Waals surface area contributed by atoms with E-state index in [9.17, 15) is 9.18 Å². The maximum absolute atomic E-state index is 13.5. The van der Waals surface area contributed by atoms with Gasteiger partial charge in [0.25, 0.3) is 5.91 Å². The van der Waals surface area contributed by atoms with Crippen LogP contribution in [0.1, 0.15) is 28.7 Å². The zero-order valence-corrected chi connectivity index (χ0v) is 16.3. The molecule has 0 unspecified atom stereocenters. The fraction of sp³-hybridized carbons (Fsp3) is 0.286. The minimum Gasteiger partial charge on any atom is -0.486 e. The van der Waals surface area contributed by atoms with Crippen molar-refractivity contribution in [3.63, 3.8) is 0 Å². The first kappa shape index (κ1) is 18.9. The van der Waals surface area contributed by atoms with Gasteiger partial charge in [-0.2, -0.15) is 0 Å². The van der Waals surface area contributed by atoms with Crippen molar-refractivity contribution in [3.05, 3.63) is 65.2 Å². The molecular weight excluding hydrogens is 375 g/mol. The Balaban J connectivity index is 1.59. The van der Waals surface area contributed by atoms with E-state index < -0.39 is 0 Å². The number of hydrogen-bond acceptors (Lipinski definition) is 5. The molecule has 2 aromatic carbocycles. The van der Waals surface area contributed by atoms with E-state index in [1.807, 2.05) is 25.1 Å². The first-order valence-electron chi connectivity index (χ1n) is 9.43. The fourth-order valence-electron chi connectivity index (χ4n) is 3.27. The summed E-state index contributed by atoms with van der Waals surface area (Å²) in [5.41, 5.74) is 2.33. The molecule has 1 aromatic heterocycles. The smallest absolute Gasteiger partial charge is 0.276 e. The maximum atomic E-state index is 13.5. The monoisotopic (exact) mass is 396 g/mol. The van der Waals surface area contributed by atoms with Crippen LogP contribution in [0.4, 0.5) is 4.39 Å². The van der Waals surface area contributed by atoms with Crippen LogP contribution in [0.25, 0.3) is 5.69 Å². The zero-order valence-electron chi connectivity index (χ0n) is 16.3. The van der Waals surface area contributed by atoms with Crippen molar-refractivity contribution in [2.24, 2.45) is 0 Å². The number of halogens is 1. The third kappa shape index (κ3) is 3.78. The number of carbonyl (C=O) groups excluding carboxylic acids is 1. The Kier molecular flexibility index (Phi) is 5.16. The van der Waals surface area contributed by atoms with Crippen molar-refractivity contribution >= 4 is 5.91 Å². The first-order chi connectivity index (χ1) is 14.1. The second-order valence-corrected chi connectivity index (χ2v) is 6.71. The summed E-state index contributed by atoms with van der Waals surface area (Å²) < 4.78 is 26.2. The molecular formula is C21H21FN4O3. The van der Waals surface area contributed by atoms with Gasteiger partial charge in [0.15, 0.2) is 17.2 Å². The Morgan fingerprint density at radius 1 is 1.17 bits per heavy atom. The van der Waals surface area contributed by atoms with Gasteiger partial charge < -0.3 is 14.4 Å². The average Bonchev–Trinajstić information content (AvgIpc) is 3.12. The minimum atomic E-state index is -0.327. The summed E-state index contributed by atoms with van der Waals surface area (Å²) >= 11 is 0. The Morgan fingerprint density at radius 2 is 1.97 bits per heavy atom. The molecule has 7 nitrogen and oxygen atoms in total. The SMILES string of the molecule is CCN(Cc1cccc(F)c1)C(=O)c1nnn(-c2ccc3c(c2)OCCO3)c1C. The summed E-state index contributed by atoms with van der Waals surface area (Å²) in [5.74, 6) is 0.740. The lowest BCUT2D eigenvalue weighted by atomic mass is 10.2. The van der Waals surface area contributed by atoms with Gasteiger partial charge in [0.1, 0.15) is 19.0 Å². The van der Waals surface area contributed by atoms with Gasteiger partial charge in [0.2, 0.25) is 0 Å². The largest absolute Gasteiger partial charge is 0.486 e. The van der Waals surface area contributed by atoms with Crippen molar-refractivity contribution in [2.45, 2.75) is 20.4 Å². The fourth-order valence-corrected chi connectivity index (χ4v) is 3.27. The van der Waals surface area contributed by atoms with Gasteiger partial charge >= 0.3 is 0 Å². The van der Waals surface area contributed by atoms with Crippen molar-refractivity contribution in [3.8, 4) is 17.2 Å². The molecule has 0 saturated carbocycles. The quantitative estimate of drug-likeness (QED) is 0.663. The Hall–Kier alpha value is -3.42. The molecule has 0 N–H and O–H groups in total. The molecule has 2 heterocycles. The summed E-state index contributed by atoms with van der Waals surface area (Å²) in [6.07, 6.45) is 0. The third-order valence-electron chi connectivity index (χ3n) is 4.80. The highest BCUT2D eigenvalue weighted by atomic mass is 19.1. The molecule has 0 atom stereocenters. The molecule has 1 aliphatic heterocycles. The van der Waals surface area contributed by atoms with Crippen LogP contribution in [0.2, 0.25) is 0 Å². The van der Waals surface area contributed by atoms with E-state index in [0.29, 0.717) is 43.5 Å². The molecule has 0 fully saturated rings. The maximum Gasteiger partial charge on any atom is 0.276 e. The predicted molar refractivity (Wildman–Crippen MR) is 104 cm³/mol. The Bertz CT molecular complexity index is 1050. The van der Waals surface area contributed by atoms with Crippen molar-refractivity contribution < 1.29 is 18.7 Å². The van der Waals surface area contributed by atoms with Gasteiger partial charge in [-0.25, -0.2) is 9.07 Å². The van der Waals surface area contributed by atoms with Crippen molar-refractivity contribution in [1.82, 2.24) is 19.9 Å². The van der Waals surface area contributed by atoms with Crippen LogP contribution in [0.3, 0.4) is 0 Å². The number of ether oxygens (including phenoxy) is 2. The molecule has 150 valence electrons. The number of hydrogen-bond donors (Lipinski definition) is 0. The van der Waals surface area contributed by atoms with Crippen LogP contribution >= 0.6 is 0 Å². The normalized spacial score (nSPS) is 12.7. The minimum absolute atomic E-state index is 0.252. The summed E-state index contributed by atoms with van der Waals surface area (Å²) in [6, 6.07) is 11.7. The molecule has 0 bridgehead atoms. The molecule has 1 aliphatic rings. The van der Waals surface area contributed by atoms with Gasteiger partial charge in [-0.3, -0.25) is 4.79 Å². The average molecular weight is 396 g/mol. The molecule has 0 saturated heterocycles. The van der Waals surface area contributed by atoms with Gasteiger partial charge in [-0.1, -0.05) is 17.3 Å². The predicted octanol–water partition coefficient (Wildman–Crippen LogP) is 3.15. The third-order valence-corrected chi connectivity index (χ3v) is 4.80. The molecule has 29 heavy (non-hydrogen) atoms. The second-order valence-electron chi connectivity index (χ2n) is 6.71. The number of fused-ring (bicyclic) bond motifs is 1. The molecule has 0 radical (unpaired) electrons. The second kappa shape index (κ2) is 7.90. The number of nitrogens with zero attached hydrogens (tertiary/aromatic N) is 4. The van der Waals surface area contributed by atoms with Crippen LogP contribution in [0.5, 0.6) is 11.5 Å². The van der Waals surface area contributed by atoms with Crippen molar-refractivity contribution in [1.29, 1.82) is 0 Å². The van der Waals surface area contributed by atoms with E-state index in [4.69, 9.17) is 9.47 Å². The van der Waals surface area contributed by atoms with Crippen LogP contribution < -0.4 is 9.47 Å². The number of rotatable bonds is 5. The van der Waals surface area contributed by atoms with Gasteiger partial charge in [0.05, 0.1) is 11.4 Å². The van der Waals surface area contributed by atoms with E-state index in [0.717, 1.165) is 11.3 Å². The lowest BCUT2D eigenvalue weighted by molar-refractivity contribution is 0.0745. The standard InChI is InChI=1S/C21H21FN4O3/c1-3-25(13-15-5-4-6-16(22)11-15)21(27)20-14(2)26(24-23-20)17-7-8-18-19(12-17)29-10-9-28-18/h4-8,11-12H,3,9-10,13H2,1-2H3. The van der Waals surface area contributed by atoms with Crippen LogP contribution in [-0.4, -0.2) is 45.6 Å². The molecule has 8 heteroatoms. The Labute approximate surface area is 167 Å². The number of benzene rings is 2. The van der Waals surface area contributed by atoms with Gasteiger partial charge in [-0.15, -0.1) is 5.10 Å². The van der Waals surface area contributed by atoms with Gasteiger partial charge in [-0.05, 0) is 43.7 Å². The lowest BCUT2D eigenvalue weighted by Gasteiger charge is -2.20. The van der Waals surface area contributed by atoms with E-state index in [-0.39, 0.29) is 17.4 Å². The highest BCUT2D eigenvalue weighted by molar-refractivity contribution is 5.93. The first-order valence-corrected chi connectivity index (χ1v) is 9.43. The highest BCUT2D eigenvalue weighted by Gasteiger charge is 2.23. The van der Waals surface area contributed by atoms with E-state index in [1.165, 1.54) is 12.1 Å². The van der Waals surface area contributed by atoms with Crippen LogP contribution in [0.15, 0.2) is 42.5 Å². The summed E-state index contributed by atoms with van der Waals surface area (Å²) in [7, 11) is 0. The zero-order chi connectivity index (χ0) is 20.4. The van der Waals surface area contributed by atoms with Crippen molar-refractivity contribution in [2.75, 3.05) is 19.8 Å². The van der Waals surface area contributed by atoms with E-state index >= 15 is 0 Å². The molecule has 4 rings (SSSR count). The van der Waals surface area contributed by atoms with E-state index in [2.05, 4.69) is 10.3 Å². The molecule has 3 aromatic rings. The summed E-state index contributed by atoms with van der Waals surface area (Å²) in [5, 5.41) is 8.26. The van der Waals surface area contributed by atoms with E-state index in [1.54, 1.807) is 28.6 Å². The summed E-state index contributed by atoms with van der Waals surface area (Å²) in [4.78, 5) is 14.6. The summed E-state index contributed by atoms with van der Waals surface area (Å²) in [6.45, 7) is 5.43.